The zero-order chi connectivity index (χ0) is 14.9. The Balaban J connectivity index is 2.33. The van der Waals surface area contributed by atoms with Crippen LogP contribution in [0, 0.1) is 24.4 Å². The number of hydrogen-bond acceptors (Lipinski definition) is 2. The van der Waals surface area contributed by atoms with E-state index in [0.717, 1.165) is 5.69 Å². The van der Waals surface area contributed by atoms with Crippen LogP contribution in [-0.4, -0.2) is 15.6 Å². The van der Waals surface area contributed by atoms with E-state index in [-0.39, 0.29) is 6.42 Å². The molecule has 2 aromatic rings. The van der Waals surface area contributed by atoms with Crippen LogP contribution >= 0.6 is 0 Å². The first-order valence-electron chi connectivity index (χ1n) is 6.13. The molecule has 0 fully saturated rings. The molecule has 0 aliphatic carbocycles. The van der Waals surface area contributed by atoms with E-state index in [2.05, 4.69) is 5.10 Å². The molecule has 0 atom stereocenters. The van der Waals surface area contributed by atoms with E-state index in [0.29, 0.717) is 24.4 Å². The standard InChI is InChI=1S/C14H13F3N2O/c1-3-19-10(4-8(2)18-19)7-13(20)14-11(16)5-9(15)6-12(14)17/h4-6H,3,7H2,1-2H3. The lowest BCUT2D eigenvalue weighted by molar-refractivity contribution is 0.0982. The van der Waals surface area contributed by atoms with Gasteiger partial charge in [0.05, 0.1) is 17.7 Å². The molecule has 20 heavy (non-hydrogen) atoms. The fourth-order valence-corrected chi connectivity index (χ4v) is 2.08. The van der Waals surface area contributed by atoms with Crippen molar-refractivity contribution in [3.63, 3.8) is 0 Å². The maximum Gasteiger partial charge on any atom is 0.174 e. The van der Waals surface area contributed by atoms with Crippen LogP contribution in [0.5, 0.6) is 0 Å². The average molecular weight is 282 g/mol. The molecule has 0 bridgehead atoms. The summed E-state index contributed by atoms with van der Waals surface area (Å²) in [5.41, 5.74) is 0.570. The topological polar surface area (TPSA) is 34.9 Å². The van der Waals surface area contributed by atoms with Crippen molar-refractivity contribution in [3.8, 4) is 0 Å². The highest BCUT2D eigenvalue weighted by Gasteiger charge is 2.20. The Hall–Kier alpha value is -2.11. The number of carbonyl (C=O) groups is 1. The Morgan fingerprint density at radius 2 is 1.80 bits per heavy atom. The van der Waals surface area contributed by atoms with E-state index in [1.165, 1.54) is 0 Å². The smallest absolute Gasteiger partial charge is 0.174 e. The van der Waals surface area contributed by atoms with E-state index in [1.807, 2.05) is 6.92 Å². The summed E-state index contributed by atoms with van der Waals surface area (Å²) < 4.78 is 41.5. The minimum atomic E-state index is -1.19. The van der Waals surface area contributed by atoms with Crippen LogP contribution in [0.25, 0.3) is 0 Å². The highest BCUT2D eigenvalue weighted by atomic mass is 19.1. The normalized spacial score (nSPS) is 10.8. The summed E-state index contributed by atoms with van der Waals surface area (Å²) in [5.74, 6) is -4.17. The maximum atomic E-state index is 13.5. The molecule has 0 N–H and O–H groups in total. The molecular formula is C14H13F3N2O. The number of ketones is 1. The molecule has 0 unspecified atom stereocenters. The molecule has 1 aromatic heterocycles. The van der Waals surface area contributed by atoms with E-state index >= 15 is 0 Å². The molecule has 1 aromatic carbocycles. The van der Waals surface area contributed by atoms with Crippen LogP contribution in [0.2, 0.25) is 0 Å². The second kappa shape index (κ2) is 5.48. The van der Waals surface area contributed by atoms with Crippen molar-refractivity contribution < 1.29 is 18.0 Å². The number of hydrogen-bond donors (Lipinski definition) is 0. The van der Waals surface area contributed by atoms with Crippen LogP contribution in [-0.2, 0) is 13.0 Å². The Labute approximate surface area is 114 Å². The van der Waals surface area contributed by atoms with Gasteiger partial charge in [0.1, 0.15) is 17.5 Å². The lowest BCUT2D eigenvalue weighted by Gasteiger charge is -2.06. The monoisotopic (exact) mass is 282 g/mol. The van der Waals surface area contributed by atoms with E-state index in [9.17, 15) is 18.0 Å². The highest BCUT2D eigenvalue weighted by Crippen LogP contribution is 2.17. The molecule has 0 saturated carbocycles. The van der Waals surface area contributed by atoms with Gasteiger partial charge in [-0.05, 0) is 19.9 Å². The summed E-state index contributed by atoms with van der Waals surface area (Å²) >= 11 is 0. The molecule has 0 aliphatic rings. The predicted molar refractivity (Wildman–Crippen MR) is 67.0 cm³/mol. The molecule has 6 heteroatoms. The maximum absolute atomic E-state index is 13.5. The second-order valence-corrected chi connectivity index (χ2v) is 4.44. The zero-order valence-electron chi connectivity index (χ0n) is 11.1. The van der Waals surface area contributed by atoms with Crippen molar-refractivity contribution in [1.29, 1.82) is 0 Å². The van der Waals surface area contributed by atoms with Crippen molar-refractivity contribution in [3.05, 3.63) is 52.6 Å². The summed E-state index contributed by atoms with van der Waals surface area (Å²) in [6.07, 6.45) is -0.186. The first-order valence-corrected chi connectivity index (χ1v) is 6.13. The fourth-order valence-electron chi connectivity index (χ4n) is 2.08. The SMILES string of the molecule is CCn1nc(C)cc1CC(=O)c1c(F)cc(F)cc1F. The summed E-state index contributed by atoms with van der Waals surface area (Å²) in [6, 6.07) is 2.68. The van der Waals surface area contributed by atoms with Crippen molar-refractivity contribution in [2.24, 2.45) is 0 Å². The molecule has 2 rings (SSSR count). The molecule has 3 nitrogen and oxygen atoms in total. The number of carbonyl (C=O) groups excluding carboxylic acids is 1. The van der Waals surface area contributed by atoms with E-state index in [1.54, 1.807) is 17.7 Å². The summed E-state index contributed by atoms with van der Waals surface area (Å²) in [4.78, 5) is 12.0. The van der Waals surface area contributed by atoms with Crippen LogP contribution in [0.1, 0.15) is 28.7 Å². The number of aromatic nitrogens is 2. The van der Waals surface area contributed by atoms with Gasteiger partial charge >= 0.3 is 0 Å². The van der Waals surface area contributed by atoms with Crippen LogP contribution in [0.4, 0.5) is 13.2 Å². The first kappa shape index (κ1) is 14.3. The fraction of sp³-hybridized carbons (Fsp3) is 0.286. The van der Waals surface area contributed by atoms with Crippen molar-refractivity contribution >= 4 is 5.78 Å². The average Bonchev–Trinajstić information content (AvgIpc) is 2.67. The molecule has 0 aliphatic heterocycles. The number of aryl methyl sites for hydroxylation is 2. The van der Waals surface area contributed by atoms with Crippen LogP contribution in [0.15, 0.2) is 18.2 Å². The van der Waals surface area contributed by atoms with E-state index in [4.69, 9.17) is 0 Å². The number of Topliss-reactive ketones (excluding diaryl/α,β-unsaturated/α-hetero) is 1. The number of rotatable bonds is 4. The van der Waals surface area contributed by atoms with Gasteiger partial charge in [0.15, 0.2) is 5.78 Å². The third-order valence-electron chi connectivity index (χ3n) is 2.91. The third-order valence-corrected chi connectivity index (χ3v) is 2.91. The number of nitrogens with zero attached hydrogens (tertiary/aromatic N) is 2. The van der Waals surface area contributed by atoms with Gasteiger partial charge < -0.3 is 0 Å². The van der Waals surface area contributed by atoms with Gasteiger partial charge in [0, 0.05) is 24.4 Å². The molecule has 0 saturated heterocycles. The van der Waals surface area contributed by atoms with Gasteiger partial charge in [-0.25, -0.2) is 13.2 Å². The van der Waals surface area contributed by atoms with Gasteiger partial charge in [-0.1, -0.05) is 0 Å². The first-order chi connectivity index (χ1) is 9.42. The minimum absolute atomic E-state index is 0.186. The zero-order valence-corrected chi connectivity index (χ0v) is 11.1. The molecule has 1 heterocycles. The molecule has 0 amide bonds. The second-order valence-electron chi connectivity index (χ2n) is 4.44. The van der Waals surface area contributed by atoms with E-state index < -0.39 is 28.8 Å². The molecule has 106 valence electrons. The Kier molecular flexibility index (Phi) is 3.92. The van der Waals surface area contributed by atoms with Gasteiger partial charge in [-0.15, -0.1) is 0 Å². The largest absolute Gasteiger partial charge is 0.294 e. The van der Waals surface area contributed by atoms with Gasteiger partial charge in [0.25, 0.3) is 0 Å². The summed E-state index contributed by atoms with van der Waals surface area (Å²) in [7, 11) is 0. The van der Waals surface area contributed by atoms with Crippen molar-refractivity contribution in [2.45, 2.75) is 26.8 Å². The quantitative estimate of drug-likeness (QED) is 0.808. The molecule has 0 radical (unpaired) electrons. The Morgan fingerprint density at radius 1 is 1.20 bits per heavy atom. The predicted octanol–water partition coefficient (Wildman–Crippen LogP) is 3.05. The Bertz CT molecular complexity index is 641. The minimum Gasteiger partial charge on any atom is -0.294 e. The van der Waals surface area contributed by atoms with Crippen molar-refractivity contribution in [1.82, 2.24) is 9.78 Å². The molecule has 0 spiro atoms. The van der Waals surface area contributed by atoms with Gasteiger partial charge in [-0.3, -0.25) is 9.48 Å². The molecular weight excluding hydrogens is 269 g/mol. The van der Waals surface area contributed by atoms with Crippen LogP contribution in [0.3, 0.4) is 0 Å². The van der Waals surface area contributed by atoms with Crippen molar-refractivity contribution in [2.75, 3.05) is 0 Å². The lowest BCUT2D eigenvalue weighted by Crippen LogP contribution is -2.13. The highest BCUT2D eigenvalue weighted by molar-refractivity contribution is 5.97. The lowest BCUT2D eigenvalue weighted by atomic mass is 10.0. The number of halogens is 3. The summed E-state index contributed by atoms with van der Waals surface area (Å²) in [5, 5.41) is 4.15. The van der Waals surface area contributed by atoms with Crippen LogP contribution < -0.4 is 0 Å². The third kappa shape index (κ3) is 2.74. The van der Waals surface area contributed by atoms with Gasteiger partial charge in [0.2, 0.25) is 0 Å². The van der Waals surface area contributed by atoms with Gasteiger partial charge in [-0.2, -0.15) is 5.10 Å². The number of benzene rings is 1. The Morgan fingerprint density at radius 3 is 2.35 bits per heavy atom. The summed E-state index contributed by atoms with van der Waals surface area (Å²) in [6.45, 7) is 4.16.